The van der Waals surface area contributed by atoms with Crippen LogP contribution in [-0.4, -0.2) is 6.29 Å². The smallest absolute Gasteiger partial charge is 0.133 e. The molecule has 0 saturated heterocycles. The van der Waals surface area contributed by atoms with Gasteiger partial charge in [-0.3, -0.25) is 0 Å². The van der Waals surface area contributed by atoms with Crippen molar-refractivity contribution in [2.24, 2.45) is 0 Å². The molecule has 0 aliphatic rings. The van der Waals surface area contributed by atoms with Gasteiger partial charge in [-0.2, -0.15) is 0 Å². The molecular formula is C17H17FO2. The first-order valence-electron chi connectivity index (χ1n) is 6.57. The number of ether oxygens (including phenoxy) is 1. The van der Waals surface area contributed by atoms with Crippen molar-refractivity contribution in [3.8, 4) is 11.5 Å². The van der Waals surface area contributed by atoms with E-state index in [1.807, 2.05) is 26.0 Å². The normalized spacial score (nSPS) is 10.3. The fraction of sp³-hybridized carbons (Fsp3) is 0.235. The zero-order valence-corrected chi connectivity index (χ0v) is 11.7. The highest BCUT2D eigenvalue weighted by Crippen LogP contribution is 2.30. The summed E-state index contributed by atoms with van der Waals surface area (Å²) in [6, 6.07) is 10.0. The highest BCUT2D eigenvalue weighted by atomic mass is 19.1. The summed E-state index contributed by atoms with van der Waals surface area (Å²) in [5.41, 5.74) is 3.14. The van der Waals surface area contributed by atoms with Crippen molar-refractivity contribution < 1.29 is 13.9 Å². The lowest BCUT2D eigenvalue weighted by molar-refractivity contribution is -0.107. The molecule has 0 radical (unpaired) electrons. The number of rotatable bonds is 5. The molecule has 2 aromatic rings. The van der Waals surface area contributed by atoms with E-state index in [1.54, 1.807) is 12.1 Å². The maximum atomic E-state index is 12.9. The van der Waals surface area contributed by atoms with Crippen LogP contribution in [-0.2, 0) is 11.2 Å². The van der Waals surface area contributed by atoms with Crippen LogP contribution in [0.4, 0.5) is 4.39 Å². The molecule has 0 unspecified atom stereocenters. The van der Waals surface area contributed by atoms with Gasteiger partial charge in [0, 0.05) is 6.42 Å². The summed E-state index contributed by atoms with van der Waals surface area (Å²) >= 11 is 0. The maximum Gasteiger partial charge on any atom is 0.133 e. The molecule has 0 aliphatic heterocycles. The Morgan fingerprint density at radius 1 is 1.10 bits per heavy atom. The minimum absolute atomic E-state index is 0.282. The van der Waals surface area contributed by atoms with Gasteiger partial charge >= 0.3 is 0 Å². The molecule has 0 aliphatic carbocycles. The molecule has 0 aromatic heterocycles. The van der Waals surface area contributed by atoms with Crippen molar-refractivity contribution in [2.75, 3.05) is 0 Å². The molecule has 0 amide bonds. The molecule has 0 saturated carbocycles. The predicted molar refractivity (Wildman–Crippen MR) is 76.8 cm³/mol. The molecule has 0 spiro atoms. The van der Waals surface area contributed by atoms with E-state index in [0.717, 1.165) is 35.1 Å². The molecule has 0 bridgehead atoms. The van der Waals surface area contributed by atoms with Crippen LogP contribution in [0.3, 0.4) is 0 Å². The fourth-order valence-electron chi connectivity index (χ4n) is 2.19. The number of hydrogen-bond acceptors (Lipinski definition) is 2. The minimum atomic E-state index is -0.282. The van der Waals surface area contributed by atoms with Gasteiger partial charge in [-0.25, -0.2) is 4.39 Å². The van der Waals surface area contributed by atoms with Gasteiger partial charge in [0.15, 0.2) is 0 Å². The summed E-state index contributed by atoms with van der Waals surface area (Å²) in [7, 11) is 0. The van der Waals surface area contributed by atoms with E-state index in [4.69, 9.17) is 4.74 Å². The maximum absolute atomic E-state index is 12.9. The Labute approximate surface area is 118 Å². The van der Waals surface area contributed by atoms with Gasteiger partial charge in [-0.05, 0) is 61.2 Å². The second-order valence-electron chi connectivity index (χ2n) is 4.82. The van der Waals surface area contributed by atoms with Crippen LogP contribution in [0.15, 0.2) is 36.4 Å². The van der Waals surface area contributed by atoms with Crippen molar-refractivity contribution in [2.45, 2.75) is 26.7 Å². The lowest BCUT2D eigenvalue weighted by atomic mass is 10.0. The highest BCUT2D eigenvalue weighted by molar-refractivity contribution is 5.51. The van der Waals surface area contributed by atoms with Crippen molar-refractivity contribution in [3.63, 3.8) is 0 Å². The van der Waals surface area contributed by atoms with Gasteiger partial charge in [0.2, 0.25) is 0 Å². The molecule has 0 N–H and O–H groups in total. The van der Waals surface area contributed by atoms with Gasteiger partial charge in [-0.1, -0.05) is 12.1 Å². The lowest BCUT2D eigenvalue weighted by Gasteiger charge is -2.13. The summed E-state index contributed by atoms with van der Waals surface area (Å²) in [5.74, 6) is 1.11. The number of hydrogen-bond donors (Lipinski definition) is 0. The second kappa shape index (κ2) is 6.33. The Morgan fingerprint density at radius 2 is 1.70 bits per heavy atom. The molecule has 0 fully saturated rings. The van der Waals surface area contributed by atoms with E-state index >= 15 is 0 Å². The van der Waals surface area contributed by atoms with Crippen molar-refractivity contribution >= 4 is 6.29 Å². The summed E-state index contributed by atoms with van der Waals surface area (Å²) in [5, 5.41) is 0. The number of aryl methyl sites for hydroxylation is 3. The summed E-state index contributed by atoms with van der Waals surface area (Å²) in [6.45, 7) is 3.94. The number of carbonyl (C=O) groups excluding carboxylic acids is 1. The van der Waals surface area contributed by atoms with Crippen LogP contribution >= 0.6 is 0 Å². The van der Waals surface area contributed by atoms with E-state index in [0.29, 0.717) is 12.2 Å². The summed E-state index contributed by atoms with van der Waals surface area (Å²) < 4.78 is 18.7. The molecule has 0 atom stereocenters. The molecule has 0 heterocycles. The molecule has 2 aromatic carbocycles. The van der Waals surface area contributed by atoms with Crippen LogP contribution < -0.4 is 4.74 Å². The summed E-state index contributed by atoms with van der Waals surface area (Å²) in [6.07, 6.45) is 2.19. The zero-order chi connectivity index (χ0) is 14.5. The van der Waals surface area contributed by atoms with Gasteiger partial charge < -0.3 is 9.53 Å². The third kappa shape index (κ3) is 3.44. The summed E-state index contributed by atoms with van der Waals surface area (Å²) in [4.78, 5) is 10.4. The Kier molecular flexibility index (Phi) is 4.51. The van der Waals surface area contributed by atoms with E-state index in [1.165, 1.54) is 12.1 Å². The molecule has 3 heteroatoms. The van der Waals surface area contributed by atoms with Crippen LogP contribution in [0.5, 0.6) is 11.5 Å². The lowest BCUT2D eigenvalue weighted by Crippen LogP contribution is -1.95. The van der Waals surface area contributed by atoms with Crippen molar-refractivity contribution in [3.05, 3.63) is 58.9 Å². The van der Waals surface area contributed by atoms with Crippen molar-refractivity contribution in [1.29, 1.82) is 0 Å². The van der Waals surface area contributed by atoms with E-state index in [9.17, 15) is 9.18 Å². The first-order chi connectivity index (χ1) is 9.60. The average molecular weight is 272 g/mol. The van der Waals surface area contributed by atoms with E-state index < -0.39 is 0 Å². The molecule has 2 rings (SSSR count). The SMILES string of the molecule is Cc1cc(CCC=O)cc(C)c1Oc1ccc(F)cc1. The standard InChI is InChI=1S/C17H17FO2/c1-12-10-14(4-3-9-19)11-13(2)17(12)20-16-7-5-15(18)6-8-16/h5-11H,3-4H2,1-2H3. The number of aldehydes is 1. The van der Waals surface area contributed by atoms with Crippen LogP contribution in [0.2, 0.25) is 0 Å². The van der Waals surface area contributed by atoms with Crippen molar-refractivity contribution in [1.82, 2.24) is 0 Å². The zero-order valence-electron chi connectivity index (χ0n) is 11.7. The minimum Gasteiger partial charge on any atom is -0.457 e. The predicted octanol–water partition coefficient (Wildman–Crippen LogP) is 4.37. The van der Waals surface area contributed by atoms with Crippen LogP contribution in [0, 0.1) is 19.7 Å². The van der Waals surface area contributed by atoms with E-state index in [2.05, 4.69) is 0 Å². The van der Waals surface area contributed by atoms with Crippen LogP contribution in [0.25, 0.3) is 0 Å². The fourth-order valence-corrected chi connectivity index (χ4v) is 2.19. The third-order valence-corrected chi connectivity index (χ3v) is 3.10. The molecule has 20 heavy (non-hydrogen) atoms. The average Bonchev–Trinajstić information content (AvgIpc) is 2.42. The van der Waals surface area contributed by atoms with Gasteiger partial charge in [0.1, 0.15) is 23.6 Å². The van der Waals surface area contributed by atoms with Gasteiger partial charge in [0.05, 0.1) is 0 Å². The number of halogens is 1. The third-order valence-electron chi connectivity index (χ3n) is 3.10. The first kappa shape index (κ1) is 14.3. The number of carbonyl (C=O) groups is 1. The quantitative estimate of drug-likeness (QED) is 0.756. The van der Waals surface area contributed by atoms with Gasteiger partial charge in [0.25, 0.3) is 0 Å². The number of benzene rings is 2. The molecular weight excluding hydrogens is 255 g/mol. The second-order valence-corrected chi connectivity index (χ2v) is 4.82. The molecule has 2 nitrogen and oxygen atoms in total. The highest BCUT2D eigenvalue weighted by Gasteiger charge is 2.08. The van der Waals surface area contributed by atoms with Gasteiger partial charge in [-0.15, -0.1) is 0 Å². The Bertz CT molecular complexity index is 580. The Morgan fingerprint density at radius 3 is 2.25 bits per heavy atom. The Balaban J connectivity index is 2.23. The molecule has 104 valence electrons. The van der Waals surface area contributed by atoms with E-state index in [-0.39, 0.29) is 5.82 Å². The van der Waals surface area contributed by atoms with Crippen LogP contribution in [0.1, 0.15) is 23.1 Å². The largest absolute Gasteiger partial charge is 0.457 e. The topological polar surface area (TPSA) is 26.3 Å². The Hall–Kier alpha value is -2.16. The first-order valence-corrected chi connectivity index (χ1v) is 6.57. The monoisotopic (exact) mass is 272 g/mol.